The van der Waals surface area contributed by atoms with E-state index in [0.717, 1.165) is 5.56 Å². The van der Waals surface area contributed by atoms with Gasteiger partial charge in [0.25, 0.3) is 0 Å². The first-order valence-corrected chi connectivity index (χ1v) is 22.1. The number of esters is 1. The van der Waals surface area contributed by atoms with Crippen LogP contribution in [0.3, 0.4) is 0 Å². The van der Waals surface area contributed by atoms with Crippen LogP contribution in [0.2, 0.25) is 0 Å². The number of nitriles is 1. The topological polar surface area (TPSA) is 180 Å². The van der Waals surface area contributed by atoms with Gasteiger partial charge in [0.2, 0.25) is 6.79 Å². The van der Waals surface area contributed by atoms with Crippen LogP contribution in [0.1, 0.15) is 82.6 Å². The fourth-order valence-corrected chi connectivity index (χ4v) is 12.3. The average molecular weight is 927 g/mol. The lowest BCUT2D eigenvalue weighted by molar-refractivity contribution is -0.283. The molecule has 348 valence electrons. The van der Waals surface area contributed by atoms with Crippen LogP contribution in [0.25, 0.3) is 0 Å². The maximum atomic E-state index is 15.0. The van der Waals surface area contributed by atoms with Crippen molar-refractivity contribution in [2.24, 2.45) is 0 Å². The molecule has 2 fully saturated rings. The molecule has 2 N–H and O–H groups in total. The van der Waals surface area contributed by atoms with Crippen LogP contribution in [-0.2, 0) is 37.5 Å². The molecule has 0 saturated carbocycles. The molecule has 16 nitrogen and oxygen atoms in total. The third kappa shape index (κ3) is 7.30. The highest BCUT2D eigenvalue weighted by molar-refractivity contribution is 7.99. The maximum absolute atomic E-state index is 15.0. The maximum Gasteiger partial charge on any atom is 0.514 e. The molecule has 0 aliphatic carbocycles. The lowest BCUT2D eigenvalue weighted by Gasteiger charge is -2.62. The highest BCUT2D eigenvalue weighted by Crippen LogP contribution is 2.64. The van der Waals surface area contributed by atoms with Gasteiger partial charge in [0.15, 0.2) is 52.4 Å². The van der Waals surface area contributed by atoms with Crippen molar-refractivity contribution in [3.05, 3.63) is 62.7 Å². The lowest BCUT2D eigenvalue weighted by atomic mass is 9.71. The summed E-state index contributed by atoms with van der Waals surface area (Å²) in [4.78, 5) is 42.7. The van der Waals surface area contributed by atoms with Crippen molar-refractivity contribution in [2.45, 2.75) is 100 Å². The molecule has 20 heteroatoms. The number of carbonyl (C=O) groups excluding carboxylic acids is 2. The van der Waals surface area contributed by atoms with Gasteiger partial charge in [-0.05, 0) is 88.9 Å². The number of halogens is 3. The summed E-state index contributed by atoms with van der Waals surface area (Å²) in [5, 5.41) is 26.0. The molecule has 3 aromatic carbocycles. The number of hydrogen-bond acceptors (Lipinski definition) is 17. The number of hydrogen-bond donors (Lipinski definition) is 2. The van der Waals surface area contributed by atoms with Gasteiger partial charge < -0.3 is 43.2 Å². The molecule has 7 aliphatic rings. The number of benzene rings is 3. The number of likely N-dealkylation sites (N-methyl/N-ethyl adjacent to an activating group) is 1. The third-order valence-electron chi connectivity index (χ3n) is 13.1. The van der Waals surface area contributed by atoms with E-state index in [1.54, 1.807) is 39.8 Å². The molecular formula is C45H49F3N4O12S. The van der Waals surface area contributed by atoms with E-state index >= 15 is 4.79 Å². The molecule has 1 unspecified atom stereocenters. The third-order valence-corrected chi connectivity index (χ3v) is 14.6. The Kier molecular flexibility index (Phi) is 11.2. The van der Waals surface area contributed by atoms with Crippen LogP contribution in [0.5, 0.6) is 40.2 Å². The van der Waals surface area contributed by atoms with E-state index in [2.05, 4.69) is 16.3 Å². The largest absolute Gasteiger partial charge is 0.514 e. The molecule has 7 atom stereocenters. The van der Waals surface area contributed by atoms with Gasteiger partial charge in [-0.15, -0.1) is 11.8 Å². The van der Waals surface area contributed by atoms with Crippen molar-refractivity contribution in [1.29, 1.82) is 5.26 Å². The Morgan fingerprint density at radius 3 is 2.48 bits per heavy atom. The molecular weight excluding hydrogens is 878 g/mol. The number of nitrogens with one attached hydrogen (secondary N) is 1. The number of aryl methyl sites for hydroxylation is 1. The zero-order chi connectivity index (χ0) is 46.5. The van der Waals surface area contributed by atoms with Crippen molar-refractivity contribution in [1.82, 2.24) is 15.1 Å². The summed E-state index contributed by atoms with van der Waals surface area (Å²) >= 11 is 1.30. The summed E-state index contributed by atoms with van der Waals surface area (Å²) in [7, 11) is 4.77. The first-order valence-electron chi connectivity index (χ1n) is 21.1. The second-order valence-electron chi connectivity index (χ2n) is 18.0. The minimum atomic E-state index is -4.74. The van der Waals surface area contributed by atoms with E-state index in [1.807, 2.05) is 24.9 Å². The van der Waals surface area contributed by atoms with Crippen LogP contribution in [0.15, 0.2) is 18.2 Å². The lowest BCUT2D eigenvalue weighted by Crippen LogP contribution is -2.69. The van der Waals surface area contributed by atoms with Crippen molar-refractivity contribution in [3.8, 4) is 46.3 Å². The number of fused-ring (bicyclic) bond motifs is 9. The molecule has 7 heterocycles. The van der Waals surface area contributed by atoms with Gasteiger partial charge in [0.1, 0.15) is 18.2 Å². The highest BCUT2D eigenvalue weighted by Gasteiger charge is 2.62. The minimum Gasteiger partial charge on any atom is -0.504 e. The number of piperazine rings is 1. The predicted octanol–water partition coefficient (Wildman–Crippen LogP) is 6.54. The first-order chi connectivity index (χ1) is 30.8. The van der Waals surface area contributed by atoms with E-state index in [1.165, 1.54) is 26.0 Å². The summed E-state index contributed by atoms with van der Waals surface area (Å²) < 4.78 is 82.1. The van der Waals surface area contributed by atoms with E-state index in [0.29, 0.717) is 58.3 Å². The number of nitrogens with zero attached hydrogens (tertiary/aromatic N) is 3. The molecule has 0 aromatic heterocycles. The number of thioether (sulfide) groups is 1. The average Bonchev–Trinajstić information content (AvgIpc) is 3.73. The Labute approximate surface area is 377 Å². The second-order valence-corrected chi connectivity index (χ2v) is 19.1. The van der Waals surface area contributed by atoms with E-state index in [-0.39, 0.29) is 59.4 Å². The molecule has 4 bridgehead atoms. The number of phenolic OH excluding ortho intramolecular Hbond substituents is 1. The minimum absolute atomic E-state index is 0.0424. The number of alkyl halides is 3. The Bertz CT molecular complexity index is 2510. The summed E-state index contributed by atoms with van der Waals surface area (Å²) in [5.74, 6) is 0.205. The predicted molar refractivity (Wildman–Crippen MR) is 224 cm³/mol. The van der Waals surface area contributed by atoms with E-state index < -0.39 is 71.5 Å². The summed E-state index contributed by atoms with van der Waals surface area (Å²) in [5.41, 5.74) is 1.98. The SMILES string of the molecule is COc1cc2c(cc1OC(=O)OC(C)(C)C)CCN[C@]21CS[C@@H]2c3c(OOCC(F)(F)F)c(C)c4c(c3[C@H](COC1=O)N1C2[C@@H]2c3c(cc(C)c(OC)c3O)C[C@@H]([C@@H]1C#N)N2C)OCO4. The van der Waals surface area contributed by atoms with Crippen molar-refractivity contribution in [2.75, 3.05) is 53.6 Å². The second kappa shape index (κ2) is 16.2. The molecule has 0 radical (unpaired) electrons. The molecule has 10 rings (SSSR count). The first kappa shape index (κ1) is 44.9. The standard InChI is InChI=1S/C45H49F3N4O12S/c1-20-11-23-12-25-26(15-49)52-27-16-58-41(54)44(24-14-28(56-7)29(13-22(24)9-10-50-44)62-42(55)63-43(3,4)5)18-65-40(34(52)33(51(25)6)30(23)35(53)36(20)57-8)32-31(27)39-38(59-19-60-39)21(2)37(32)64-61-17-45(46,47)48/h11,13-14,25-27,33-34,40,50,53H,9-10,12,16-19H2,1-8H3/t25-,26-,27-,33-,34?,40+,44+/m0/s1. The number of ether oxygens (including phenoxy) is 7. The highest BCUT2D eigenvalue weighted by atomic mass is 32.2. The zero-order valence-corrected chi connectivity index (χ0v) is 37.8. The zero-order valence-electron chi connectivity index (χ0n) is 37.0. The monoisotopic (exact) mass is 926 g/mol. The van der Waals surface area contributed by atoms with Crippen molar-refractivity contribution >= 4 is 23.9 Å². The van der Waals surface area contributed by atoms with Crippen LogP contribution in [0.4, 0.5) is 18.0 Å². The van der Waals surface area contributed by atoms with Crippen LogP contribution in [-0.4, -0.2) is 111 Å². The summed E-state index contributed by atoms with van der Waals surface area (Å²) in [6.45, 7) is 6.59. The van der Waals surface area contributed by atoms with E-state index in [4.69, 9.17) is 42.9 Å². The number of carbonyl (C=O) groups is 2. The van der Waals surface area contributed by atoms with E-state index in [9.17, 15) is 28.3 Å². The van der Waals surface area contributed by atoms with Gasteiger partial charge in [-0.3, -0.25) is 15.1 Å². The van der Waals surface area contributed by atoms with Crippen LogP contribution < -0.4 is 33.9 Å². The van der Waals surface area contributed by atoms with Crippen molar-refractivity contribution in [3.63, 3.8) is 0 Å². The number of methoxy groups -OCH3 is 2. The van der Waals surface area contributed by atoms with Crippen LogP contribution >= 0.6 is 11.8 Å². The molecule has 3 aromatic rings. The Hall–Kier alpha value is -5.33. The number of phenols is 1. The van der Waals surface area contributed by atoms with Crippen molar-refractivity contribution < 1.29 is 70.8 Å². The molecule has 1 spiro atoms. The van der Waals surface area contributed by atoms with Gasteiger partial charge in [0, 0.05) is 46.6 Å². The van der Waals surface area contributed by atoms with Gasteiger partial charge in [0.05, 0.1) is 37.6 Å². The summed E-state index contributed by atoms with van der Waals surface area (Å²) in [6.07, 6.45) is -4.88. The Morgan fingerprint density at radius 1 is 1.03 bits per heavy atom. The van der Waals surface area contributed by atoms with Gasteiger partial charge in [-0.25, -0.2) is 9.59 Å². The van der Waals surface area contributed by atoms with Crippen LogP contribution in [0, 0.1) is 25.2 Å². The molecule has 2 saturated heterocycles. The Balaban J connectivity index is 1.26. The molecule has 0 amide bonds. The quantitative estimate of drug-likeness (QED) is 0.118. The Morgan fingerprint density at radius 2 is 1.78 bits per heavy atom. The normalized spacial score (nSPS) is 26.8. The summed E-state index contributed by atoms with van der Waals surface area (Å²) in [6, 6.07) is 4.17. The van der Waals surface area contributed by atoms with Gasteiger partial charge in [-0.2, -0.15) is 23.3 Å². The van der Waals surface area contributed by atoms with Gasteiger partial charge in [-0.1, -0.05) is 6.07 Å². The number of rotatable bonds is 6. The smallest absolute Gasteiger partial charge is 0.504 e. The number of aromatic hydroxyl groups is 1. The molecule has 7 aliphatic heterocycles. The van der Waals surface area contributed by atoms with Gasteiger partial charge >= 0.3 is 18.3 Å². The molecule has 65 heavy (non-hydrogen) atoms. The fourth-order valence-electron chi connectivity index (χ4n) is 10.6. The fraction of sp³-hybridized carbons (Fsp3) is 0.533.